The molecule has 0 saturated carbocycles. The average molecular weight is 94.2 g/mol. The molecule has 38 valence electrons. The van der Waals surface area contributed by atoms with Crippen LogP contribution in [0.5, 0.6) is 0 Å². The standard InChI is InChI=1S/C6H14/c1-4-6(3)5-2/h6H,4-5H2,1-3H3/i1D3,4D2,5D2,6D/t6-/m0/s1. The lowest BCUT2D eigenvalue weighted by molar-refractivity contribution is 0.544. The van der Waals surface area contributed by atoms with Gasteiger partial charge in [-0.15, -0.1) is 0 Å². The second-order valence-corrected chi connectivity index (χ2v) is 1.00. The van der Waals surface area contributed by atoms with E-state index in [1.165, 1.54) is 0 Å². The molecule has 0 aliphatic rings. The first-order valence-electron chi connectivity index (χ1n) is 5.75. The zero-order valence-electron chi connectivity index (χ0n) is 12.0. The zero-order valence-corrected chi connectivity index (χ0v) is 4.00. The maximum atomic E-state index is 7.53. The third-order valence-electron chi connectivity index (χ3n) is 0.562. The van der Waals surface area contributed by atoms with Crippen molar-refractivity contribution in [2.45, 2.75) is 33.4 Å². The molecule has 0 aliphatic carbocycles. The molecule has 0 unspecified atom stereocenters. The van der Waals surface area contributed by atoms with Crippen molar-refractivity contribution in [3.05, 3.63) is 0 Å². The van der Waals surface area contributed by atoms with E-state index in [9.17, 15) is 0 Å². The highest BCUT2D eigenvalue weighted by Crippen LogP contribution is 2.02. The third-order valence-corrected chi connectivity index (χ3v) is 0.562. The van der Waals surface area contributed by atoms with Crippen LogP contribution in [0.25, 0.3) is 0 Å². The Bertz CT molecular complexity index is 183. The molecular formula is C6H14. The number of rotatable bonds is 2. The fourth-order valence-corrected chi connectivity index (χ4v) is 0.0625. The van der Waals surface area contributed by atoms with Gasteiger partial charge in [0.05, 0.1) is 0 Å². The monoisotopic (exact) mass is 94.2 g/mol. The molecule has 0 aromatic heterocycles. The summed E-state index contributed by atoms with van der Waals surface area (Å²) in [5.41, 5.74) is 0. The minimum Gasteiger partial charge on any atom is -0.0651 e. The van der Waals surface area contributed by atoms with Crippen molar-refractivity contribution in [2.24, 2.45) is 5.89 Å². The van der Waals surface area contributed by atoms with E-state index in [1.54, 1.807) is 0 Å². The number of hydrogen-bond acceptors (Lipinski definition) is 0. The Balaban J connectivity index is 5.30. The van der Waals surface area contributed by atoms with Crippen molar-refractivity contribution in [1.29, 1.82) is 0 Å². The van der Waals surface area contributed by atoms with Crippen LogP contribution in [0.15, 0.2) is 0 Å². The lowest BCUT2D eigenvalue weighted by Gasteiger charge is -1.98. The maximum absolute atomic E-state index is 7.53. The molecule has 0 fully saturated rings. The van der Waals surface area contributed by atoms with Gasteiger partial charge in [-0.05, 0) is 5.89 Å². The van der Waals surface area contributed by atoms with E-state index in [4.69, 9.17) is 11.0 Å². The molecule has 1 atom stereocenters. The first-order valence-corrected chi connectivity index (χ1v) is 1.75. The van der Waals surface area contributed by atoms with Crippen LogP contribution in [0, 0.1) is 5.89 Å². The molecule has 6 heavy (non-hydrogen) atoms. The first-order chi connectivity index (χ1) is 5.75. The van der Waals surface area contributed by atoms with Crippen LogP contribution in [0.2, 0.25) is 0 Å². The minimum absolute atomic E-state index is 0.958. The topological polar surface area (TPSA) is 0 Å². The van der Waals surface area contributed by atoms with E-state index in [2.05, 4.69) is 0 Å². The summed E-state index contributed by atoms with van der Waals surface area (Å²) in [6.45, 7) is -1.05. The Morgan fingerprint density at radius 2 is 2.67 bits per heavy atom. The van der Waals surface area contributed by atoms with Gasteiger partial charge in [0.25, 0.3) is 0 Å². The quantitative estimate of drug-likeness (QED) is 0.493. The van der Waals surface area contributed by atoms with E-state index in [-0.39, 0.29) is 0 Å². The smallest absolute Gasteiger partial charge is 0.0300 e. The summed E-state index contributed by atoms with van der Waals surface area (Å²) in [5, 5.41) is 0. The average Bonchev–Trinajstić information content (AvgIpc) is 1.81. The molecule has 0 aromatic rings. The van der Waals surface area contributed by atoms with Gasteiger partial charge in [0, 0.05) is 11.0 Å². The SMILES string of the molecule is [2H]C([2H])([2H])C([2H])([2H])[C@]([2H])(C)C([2H])([2H])C. The van der Waals surface area contributed by atoms with E-state index >= 15 is 0 Å². The van der Waals surface area contributed by atoms with Gasteiger partial charge in [0.2, 0.25) is 0 Å². The molecule has 0 spiro atoms. The molecule has 0 aromatic carbocycles. The molecule has 0 saturated heterocycles. The van der Waals surface area contributed by atoms with Crippen LogP contribution in [0.4, 0.5) is 0 Å². The van der Waals surface area contributed by atoms with Gasteiger partial charge in [0.15, 0.2) is 0 Å². The Hall–Kier alpha value is 0. The highest BCUT2D eigenvalue weighted by Gasteiger charge is 1.88. The van der Waals surface area contributed by atoms with Gasteiger partial charge in [0.1, 0.15) is 0 Å². The molecule has 0 N–H and O–H groups in total. The summed E-state index contributed by atoms with van der Waals surface area (Å²) in [6, 6.07) is 0. The summed E-state index contributed by atoms with van der Waals surface area (Å²) in [4.78, 5) is 0. The van der Waals surface area contributed by atoms with Gasteiger partial charge in [-0.25, -0.2) is 0 Å². The Morgan fingerprint density at radius 1 is 2.00 bits per heavy atom. The van der Waals surface area contributed by atoms with Crippen LogP contribution in [0.1, 0.15) is 44.4 Å². The molecule has 0 heterocycles. The van der Waals surface area contributed by atoms with Gasteiger partial charge < -0.3 is 0 Å². The van der Waals surface area contributed by atoms with Crippen LogP contribution in [-0.4, -0.2) is 0 Å². The highest BCUT2D eigenvalue weighted by molar-refractivity contribution is 4.41. The van der Waals surface area contributed by atoms with E-state index in [0.717, 1.165) is 13.8 Å². The van der Waals surface area contributed by atoms with Crippen molar-refractivity contribution >= 4 is 0 Å². The van der Waals surface area contributed by atoms with Gasteiger partial charge in [-0.3, -0.25) is 0 Å². The van der Waals surface area contributed by atoms with Crippen LogP contribution in [-0.2, 0) is 0 Å². The van der Waals surface area contributed by atoms with Gasteiger partial charge in [-0.2, -0.15) is 0 Å². The predicted octanol–water partition coefficient (Wildman–Crippen LogP) is 2.44. The van der Waals surface area contributed by atoms with Crippen LogP contribution >= 0.6 is 0 Å². The molecule has 0 aliphatic heterocycles. The summed E-state index contributed by atoms with van der Waals surface area (Å²) in [6.07, 6.45) is -5.12. The minimum atomic E-state index is -3.01. The van der Waals surface area contributed by atoms with Crippen molar-refractivity contribution < 1.29 is 11.0 Å². The fourth-order valence-electron chi connectivity index (χ4n) is 0.0625. The van der Waals surface area contributed by atoms with Crippen molar-refractivity contribution in [3.8, 4) is 0 Å². The summed E-state index contributed by atoms with van der Waals surface area (Å²) >= 11 is 0. The normalized spacial score (nSPS) is 46.3. The second kappa shape index (κ2) is 3.20. The van der Waals surface area contributed by atoms with Crippen LogP contribution < -0.4 is 0 Å². The maximum Gasteiger partial charge on any atom is 0.0300 e. The van der Waals surface area contributed by atoms with Crippen molar-refractivity contribution in [2.75, 3.05) is 0 Å². The Labute approximate surface area is 51.8 Å². The molecule has 0 radical (unpaired) electrons. The Kier molecular flexibility index (Phi) is 0.473. The molecule has 0 bridgehead atoms. The van der Waals surface area contributed by atoms with E-state index in [1.807, 2.05) is 0 Å². The molecular weight excluding hydrogens is 72.1 g/mol. The molecule has 0 amide bonds. The third kappa shape index (κ3) is 2.25. The largest absolute Gasteiger partial charge is 0.0651 e. The fraction of sp³-hybridized carbons (Fsp3) is 1.00. The van der Waals surface area contributed by atoms with Crippen LogP contribution in [0.3, 0.4) is 0 Å². The lowest BCUT2D eigenvalue weighted by atomic mass is 10.1. The highest BCUT2D eigenvalue weighted by atomic mass is 13.9. The van der Waals surface area contributed by atoms with Crippen molar-refractivity contribution in [1.82, 2.24) is 0 Å². The summed E-state index contributed by atoms with van der Waals surface area (Å²) < 4.78 is 57.5. The lowest BCUT2D eigenvalue weighted by Crippen LogP contribution is -1.85. The van der Waals surface area contributed by atoms with Crippen molar-refractivity contribution in [3.63, 3.8) is 0 Å². The Morgan fingerprint density at radius 3 is 2.83 bits per heavy atom. The summed E-state index contributed by atoms with van der Waals surface area (Å²) in [7, 11) is 0. The van der Waals surface area contributed by atoms with Gasteiger partial charge in [-0.1, -0.05) is 33.4 Å². The molecule has 0 heteroatoms. The van der Waals surface area contributed by atoms with E-state index in [0.29, 0.717) is 0 Å². The molecule has 0 rings (SSSR count). The molecule has 0 nitrogen and oxygen atoms in total. The van der Waals surface area contributed by atoms with E-state index < -0.39 is 25.5 Å². The summed E-state index contributed by atoms with van der Waals surface area (Å²) in [5.74, 6) is -2.33. The van der Waals surface area contributed by atoms with Gasteiger partial charge >= 0.3 is 0 Å². The number of hydrogen-bond donors (Lipinski definition) is 0. The first kappa shape index (κ1) is 0.888. The predicted molar refractivity (Wildman–Crippen MR) is 29.7 cm³/mol. The zero-order chi connectivity index (χ0) is 12.0. The second-order valence-electron chi connectivity index (χ2n) is 1.00.